The lowest BCUT2D eigenvalue weighted by Crippen LogP contribution is -2.73. The molecule has 12 heteroatoms. The number of aromatic nitrogens is 1. The number of ether oxygens (including phenoxy) is 2. The van der Waals surface area contributed by atoms with E-state index in [0.717, 1.165) is 4.90 Å². The molecular formula is C21H24N4O7S. The number of esters is 1. The second kappa shape index (κ2) is 10.3. The van der Waals surface area contributed by atoms with Crippen LogP contribution in [0.1, 0.15) is 19.6 Å². The van der Waals surface area contributed by atoms with Crippen molar-refractivity contribution in [2.45, 2.75) is 32.2 Å². The summed E-state index contributed by atoms with van der Waals surface area (Å²) in [7, 11) is -0.795. The Morgan fingerprint density at radius 3 is 2.52 bits per heavy atom. The molecule has 3 rings (SSSR count). The lowest BCUT2D eigenvalue weighted by Gasteiger charge is -2.46. The number of aryl methyl sites for hydroxylation is 1. The molecule has 1 fully saturated rings. The van der Waals surface area contributed by atoms with Gasteiger partial charge in [0.2, 0.25) is 0 Å². The molecule has 33 heavy (non-hydrogen) atoms. The number of β-lactam (4-membered cyclic amide) rings is 1. The molecule has 3 atom stereocenters. The van der Waals surface area contributed by atoms with Gasteiger partial charge in [0.25, 0.3) is 11.8 Å². The van der Waals surface area contributed by atoms with Gasteiger partial charge in [-0.15, -0.1) is 0 Å². The van der Waals surface area contributed by atoms with Crippen LogP contribution in [0.4, 0.5) is 5.82 Å². The Labute approximate surface area is 192 Å². The van der Waals surface area contributed by atoms with Gasteiger partial charge in [-0.25, -0.2) is 9.00 Å². The van der Waals surface area contributed by atoms with E-state index in [2.05, 4.69) is 15.2 Å². The third-order valence-electron chi connectivity index (χ3n) is 4.62. The van der Waals surface area contributed by atoms with Crippen molar-refractivity contribution in [2.75, 3.05) is 18.4 Å². The van der Waals surface area contributed by atoms with Crippen molar-refractivity contribution >= 4 is 34.6 Å². The van der Waals surface area contributed by atoms with E-state index < -0.39 is 40.2 Å². The van der Waals surface area contributed by atoms with Gasteiger partial charge in [0, 0.05) is 6.07 Å². The summed E-state index contributed by atoms with van der Waals surface area (Å²) in [6, 6.07) is 9.03. The summed E-state index contributed by atoms with van der Waals surface area (Å²) >= 11 is 0. The number of hydrogen-bond acceptors (Lipinski definition) is 8. The van der Waals surface area contributed by atoms with Crippen LogP contribution < -0.4 is 14.8 Å². The van der Waals surface area contributed by atoms with Crippen LogP contribution in [0.15, 0.2) is 52.2 Å². The fourth-order valence-electron chi connectivity index (χ4n) is 3.15. The van der Waals surface area contributed by atoms with E-state index in [9.17, 15) is 18.6 Å². The lowest BCUT2D eigenvalue weighted by molar-refractivity contribution is -0.152. The van der Waals surface area contributed by atoms with Crippen LogP contribution in [0.25, 0.3) is 0 Å². The lowest BCUT2D eigenvalue weighted by atomic mass is 10.0. The van der Waals surface area contributed by atoms with Crippen LogP contribution in [0.2, 0.25) is 0 Å². The molecular weight excluding hydrogens is 452 g/mol. The summed E-state index contributed by atoms with van der Waals surface area (Å²) in [5.74, 6) is -0.818. The zero-order chi connectivity index (χ0) is 24.1. The number of benzene rings is 1. The Morgan fingerprint density at radius 2 is 1.94 bits per heavy atom. The van der Waals surface area contributed by atoms with Crippen LogP contribution in [-0.4, -0.2) is 57.2 Å². The van der Waals surface area contributed by atoms with Crippen molar-refractivity contribution < 1.29 is 32.6 Å². The zero-order valence-electron chi connectivity index (χ0n) is 18.5. The molecule has 2 amide bonds. The smallest absolute Gasteiger partial charge is 0.354 e. The number of hydrogen-bond donors (Lipinski definition) is 2. The number of rotatable bonds is 9. The highest BCUT2D eigenvalue weighted by Gasteiger charge is 2.55. The number of nitrogens with one attached hydrogen (secondary N) is 2. The van der Waals surface area contributed by atoms with Gasteiger partial charge < -0.3 is 19.3 Å². The molecule has 0 radical (unpaired) electrons. The predicted octanol–water partition coefficient (Wildman–Crippen LogP) is 1.26. The molecule has 1 aliphatic heterocycles. The van der Waals surface area contributed by atoms with Gasteiger partial charge >= 0.3 is 5.97 Å². The summed E-state index contributed by atoms with van der Waals surface area (Å²) in [4.78, 5) is 38.8. The monoisotopic (exact) mass is 476 g/mol. The number of para-hydroxylation sites is 1. The molecule has 0 bridgehead atoms. The largest absolute Gasteiger partial charge is 0.484 e. The van der Waals surface area contributed by atoms with Gasteiger partial charge in [-0.05, 0) is 38.5 Å². The van der Waals surface area contributed by atoms with E-state index in [1.165, 1.54) is 13.2 Å². The SMILES string of the molecule is COC(=O)C(=C(C)C)N1C(=O)C(NC(=O)COc2ccccc2)C1S(=O)Nc1cc(C)on1. The second-order valence-electron chi connectivity index (χ2n) is 7.31. The summed E-state index contributed by atoms with van der Waals surface area (Å²) in [6.45, 7) is 4.55. The van der Waals surface area contributed by atoms with E-state index >= 15 is 0 Å². The third-order valence-corrected chi connectivity index (χ3v) is 5.95. The van der Waals surface area contributed by atoms with Gasteiger partial charge in [0.15, 0.2) is 17.8 Å². The second-order valence-corrected chi connectivity index (χ2v) is 8.59. The molecule has 1 saturated heterocycles. The molecule has 2 heterocycles. The van der Waals surface area contributed by atoms with Crippen LogP contribution >= 0.6 is 0 Å². The molecule has 0 saturated carbocycles. The molecule has 1 aliphatic rings. The Bertz CT molecular complexity index is 1100. The van der Waals surface area contributed by atoms with Gasteiger partial charge in [-0.1, -0.05) is 23.4 Å². The van der Waals surface area contributed by atoms with Crippen LogP contribution in [0.5, 0.6) is 5.75 Å². The number of carbonyl (C=O) groups excluding carboxylic acids is 3. The average molecular weight is 477 g/mol. The molecule has 11 nitrogen and oxygen atoms in total. The number of carbonyl (C=O) groups is 3. The Morgan fingerprint density at radius 1 is 1.24 bits per heavy atom. The normalized spacial score (nSPS) is 18.1. The quantitative estimate of drug-likeness (QED) is 0.313. The number of nitrogens with zero attached hydrogens (tertiary/aromatic N) is 2. The first-order chi connectivity index (χ1) is 15.7. The molecule has 2 aromatic rings. The maximum absolute atomic E-state index is 13.1. The first-order valence-corrected chi connectivity index (χ1v) is 11.1. The predicted molar refractivity (Wildman–Crippen MR) is 118 cm³/mol. The first kappa shape index (κ1) is 24.0. The molecule has 0 spiro atoms. The topological polar surface area (TPSA) is 140 Å². The van der Waals surface area contributed by atoms with Gasteiger partial charge in [0.05, 0.1) is 7.11 Å². The van der Waals surface area contributed by atoms with E-state index in [0.29, 0.717) is 17.1 Å². The highest BCUT2D eigenvalue weighted by molar-refractivity contribution is 7.87. The van der Waals surface area contributed by atoms with Crippen LogP contribution in [-0.2, 0) is 30.1 Å². The fraction of sp³-hybridized carbons (Fsp3) is 0.333. The molecule has 1 aromatic carbocycles. The maximum atomic E-state index is 13.1. The van der Waals surface area contributed by atoms with Crippen molar-refractivity contribution in [3.05, 3.63) is 53.4 Å². The van der Waals surface area contributed by atoms with Crippen molar-refractivity contribution in [3.63, 3.8) is 0 Å². The summed E-state index contributed by atoms with van der Waals surface area (Å²) < 4.78 is 30.9. The van der Waals surface area contributed by atoms with Gasteiger partial charge in [-0.2, -0.15) is 0 Å². The van der Waals surface area contributed by atoms with E-state index in [-0.39, 0.29) is 18.1 Å². The van der Waals surface area contributed by atoms with E-state index in [1.54, 1.807) is 51.1 Å². The highest BCUT2D eigenvalue weighted by Crippen LogP contribution is 2.31. The molecule has 2 N–H and O–H groups in total. The minimum Gasteiger partial charge on any atom is -0.484 e. The maximum Gasteiger partial charge on any atom is 0.354 e. The van der Waals surface area contributed by atoms with E-state index in [4.69, 9.17) is 14.0 Å². The molecule has 1 aromatic heterocycles. The molecule has 3 unspecified atom stereocenters. The number of amides is 2. The van der Waals surface area contributed by atoms with Crippen LogP contribution in [0, 0.1) is 6.92 Å². The average Bonchev–Trinajstić information content (AvgIpc) is 3.20. The number of methoxy groups -OCH3 is 1. The molecule has 176 valence electrons. The van der Waals surface area contributed by atoms with Gasteiger partial charge in [0.1, 0.15) is 34.2 Å². The van der Waals surface area contributed by atoms with Crippen molar-refractivity contribution in [3.8, 4) is 5.75 Å². The van der Waals surface area contributed by atoms with Crippen LogP contribution in [0.3, 0.4) is 0 Å². The Balaban J connectivity index is 1.79. The highest BCUT2D eigenvalue weighted by atomic mass is 32.2. The fourth-order valence-corrected chi connectivity index (χ4v) is 4.41. The van der Waals surface area contributed by atoms with Crippen molar-refractivity contribution in [2.24, 2.45) is 0 Å². The Kier molecular flexibility index (Phi) is 7.48. The summed E-state index contributed by atoms with van der Waals surface area (Å²) in [6.07, 6.45) is 0. The Hall–Kier alpha value is -3.67. The third kappa shape index (κ3) is 5.40. The standard InChI is InChI=1S/C21H24N4O7S/c1-12(2)18(21(28)30-4)25-19(27)17(20(25)33(29)24-15-10-13(3)32-23-15)22-16(26)11-31-14-8-6-5-7-9-14/h5-10,17,20H,11H2,1-4H3,(H,22,26)(H,23,24). The number of likely N-dealkylation sites (tertiary alicyclic amines) is 1. The molecule has 0 aliphatic carbocycles. The van der Waals surface area contributed by atoms with E-state index in [1.807, 2.05) is 0 Å². The minimum atomic E-state index is -1.97. The van der Waals surface area contributed by atoms with Crippen molar-refractivity contribution in [1.29, 1.82) is 0 Å². The zero-order valence-corrected chi connectivity index (χ0v) is 19.3. The number of anilines is 1. The summed E-state index contributed by atoms with van der Waals surface area (Å²) in [5, 5.41) is 5.15. The summed E-state index contributed by atoms with van der Waals surface area (Å²) in [5.41, 5.74) is 0.427. The van der Waals surface area contributed by atoms with Gasteiger partial charge in [-0.3, -0.25) is 19.2 Å². The first-order valence-electron chi connectivity index (χ1n) is 9.89. The minimum absolute atomic E-state index is 0.0509. The number of allylic oxidation sites excluding steroid dienone is 1. The van der Waals surface area contributed by atoms with Crippen molar-refractivity contribution in [1.82, 2.24) is 15.4 Å².